The van der Waals surface area contributed by atoms with Gasteiger partial charge in [-0.05, 0) is 56.2 Å². The van der Waals surface area contributed by atoms with E-state index < -0.39 is 6.09 Å². The Morgan fingerprint density at radius 3 is 2.52 bits per heavy atom. The van der Waals surface area contributed by atoms with E-state index in [0.717, 1.165) is 3.39 Å². The molecule has 1 rings (SSSR count). The minimum absolute atomic E-state index is 0.0512. The van der Waals surface area contributed by atoms with Gasteiger partial charge in [-0.1, -0.05) is 27.7 Å². The number of imide groups is 1. The average molecular weight is 485 g/mol. The monoisotopic (exact) mass is 483 g/mol. The number of ether oxygens (including phenoxy) is 3. The summed E-state index contributed by atoms with van der Waals surface area (Å²) in [5.74, 6) is -0.307. The summed E-state index contributed by atoms with van der Waals surface area (Å²) in [4.78, 5) is 26.0. The van der Waals surface area contributed by atoms with Crippen molar-refractivity contribution in [2.45, 2.75) is 46.3 Å². The molecule has 0 bridgehead atoms. The fourth-order valence-corrected chi connectivity index (χ4v) is 3.38. The summed E-state index contributed by atoms with van der Waals surface area (Å²) < 4.78 is 16.5. The summed E-state index contributed by atoms with van der Waals surface area (Å²) in [6.45, 7) is 8.23. The minimum atomic E-state index is -0.543. The molecule has 0 aromatic carbocycles. The lowest BCUT2D eigenvalue weighted by Gasteiger charge is -2.28. The second kappa shape index (κ2) is 10.6. The van der Waals surface area contributed by atoms with Gasteiger partial charge in [-0.2, -0.15) is 0 Å². The number of halogens is 2. The number of cyclic esters (lactones) is 1. The standard InChI is InChI=1S/C17H27Br2NO5/c1-10(2)13-8-24-17(22)20(13)16(21)12(4)6-11(3)14(7-15(18)19)25-9-23-5/h7,10-14H,6,8-9H2,1-5H3/t11-,12-,13+,14+/m0/s1. The second-order valence-corrected chi connectivity index (χ2v) is 9.48. The van der Waals surface area contributed by atoms with Crippen molar-refractivity contribution in [2.75, 3.05) is 20.5 Å². The molecule has 2 amide bonds. The Bertz CT molecular complexity index is 493. The number of hydrogen-bond donors (Lipinski definition) is 0. The number of carbonyl (C=O) groups excluding carboxylic acids is 2. The van der Waals surface area contributed by atoms with Gasteiger partial charge in [0.2, 0.25) is 5.91 Å². The number of nitrogens with zero attached hydrogens (tertiary/aromatic N) is 1. The molecule has 25 heavy (non-hydrogen) atoms. The van der Waals surface area contributed by atoms with Crippen molar-refractivity contribution in [1.29, 1.82) is 0 Å². The molecule has 0 spiro atoms. The van der Waals surface area contributed by atoms with E-state index in [2.05, 4.69) is 31.9 Å². The molecule has 0 N–H and O–H groups in total. The highest BCUT2D eigenvalue weighted by atomic mass is 79.9. The highest BCUT2D eigenvalue weighted by Crippen LogP contribution is 2.27. The van der Waals surface area contributed by atoms with E-state index in [9.17, 15) is 9.59 Å². The lowest BCUT2D eigenvalue weighted by Crippen LogP contribution is -2.44. The van der Waals surface area contributed by atoms with Crippen LogP contribution in [-0.4, -0.2) is 49.6 Å². The van der Waals surface area contributed by atoms with Crippen molar-refractivity contribution < 1.29 is 23.8 Å². The smallest absolute Gasteiger partial charge is 0.416 e. The summed E-state index contributed by atoms with van der Waals surface area (Å²) in [6.07, 6.45) is 1.68. The van der Waals surface area contributed by atoms with E-state index in [1.165, 1.54) is 4.90 Å². The molecule has 6 nitrogen and oxygen atoms in total. The number of methoxy groups -OCH3 is 1. The fourth-order valence-electron chi connectivity index (χ4n) is 2.86. The van der Waals surface area contributed by atoms with Gasteiger partial charge in [0.25, 0.3) is 0 Å². The zero-order valence-corrected chi connectivity index (χ0v) is 18.5. The summed E-state index contributed by atoms with van der Waals surface area (Å²) in [7, 11) is 1.56. The molecule has 144 valence electrons. The maximum absolute atomic E-state index is 12.8. The highest BCUT2D eigenvalue weighted by molar-refractivity contribution is 9.28. The maximum Gasteiger partial charge on any atom is 0.416 e. The SMILES string of the molecule is COCO[C@H](C=C(Br)Br)[C@@H](C)C[C@H](C)C(=O)N1C(=O)OC[C@@H]1C(C)C. The van der Waals surface area contributed by atoms with Gasteiger partial charge in [0.1, 0.15) is 13.4 Å². The first-order valence-corrected chi connectivity index (χ1v) is 9.90. The summed E-state index contributed by atoms with van der Waals surface area (Å²) in [5.41, 5.74) is 0. The average Bonchev–Trinajstić information content (AvgIpc) is 2.91. The van der Waals surface area contributed by atoms with Crippen molar-refractivity contribution in [3.05, 3.63) is 9.47 Å². The molecule has 0 aromatic rings. The number of hydrogen-bond acceptors (Lipinski definition) is 5. The van der Waals surface area contributed by atoms with Crippen molar-refractivity contribution in [3.63, 3.8) is 0 Å². The molecule has 1 heterocycles. The van der Waals surface area contributed by atoms with E-state index >= 15 is 0 Å². The Morgan fingerprint density at radius 2 is 2.00 bits per heavy atom. The Balaban J connectivity index is 2.77. The Kier molecular flexibility index (Phi) is 9.62. The Labute approximate surface area is 166 Å². The third-order valence-electron chi connectivity index (χ3n) is 4.29. The summed E-state index contributed by atoms with van der Waals surface area (Å²) in [5, 5.41) is 0. The Morgan fingerprint density at radius 1 is 1.36 bits per heavy atom. The van der Waals surface area contributed by atoms with E-state index in [0.29, 0.717) is 6.42 Å². The molecule has 0 aromatic heterocycles. The van der Waals surface area contributed by atoms with Gasteiger partial charge in [0, 0.05) is 13.0 Å². The zero-order chi connectivity index (χ0) is 19.1. The van der Waals surface area contributed by atoms with Gasteiger partial charge in [-0.15, -0.1) is 0 Å². The van der Waals surface area contributed by atoms with E-state index in [4.69, 9.17) is 14.2 Å². The Hall–Kier alpha value is -0.440. The first kappa shape index (κ1) is 22.6. The van der Waals surface area contributed by atoms with Gasteiger partial charge < -0.3 is 14.2 Å². The van der Waals surface area contributed by atoms with Crippen LogP contribution in [0.25, 0.3) is 0 Å². The van der Waals surface area contributed by atoms with Gasteiger partial charge in [0.05, 0.1) is 15.5 Å². The van der Waals surface area contributed by atoms with E-state index in [-0.39, 0.29) is 49.2 Å². The number of amides is 2. The van der Waals surface area contributed by atoms with Crippen molar-refractivity contribution >= 4 is 43.9 Å². The molecule has 0 radical (unpaired) electrons. The molecule has 0 aliphatic carbocycles. The number of carbonyl (C=O) groups is 2. The molecule has 1 aliphatic heterocycles. The topological polar surface area (TPSA) is 65.1 Å². The lowest BCUT2D eigenvalue weighted by molar-refractivity contribution is -0.134. The first-order chi connectivity index (χ1) is 11.7. The van der Waals surface area contributed by atoms with Crippen molar-refractivity contribution in [3.8, 4) is 0 Å². The third-order valence-corrected chi connectivity index (χ3v) is 4.82. The van der Waals surface area contributed by atoms with Crippen LogP contribution in [0.4, 0.5) is 4.79 Å². The van der Waals surface area contributed by atoms with Crippen LogP contribution in [-0.2, 0) is 19.0 Å². The molecule has 4 atom stereocenters. The maximum atomic E-state index is 12.8. The minimum Gasteiger partial charge on any atom is -0.447 e. The van der Waals surface area contributed by atoms with Gasteiger partial charge in [0.15, 0.2) is 0 Å². The first-order valence-electron chi connectivity index (χ1n) is 8.32. The van der Waals surface area contributed by atoms with Crippen LogP contribution in [0.3, 0.4) is 0 Å². The van der Waals surface area contributed by atoms with Crippen molar-refractivity contribution in [2.24, 2.45) is 17.8 Å². The highest BCUT2D eigenvalue weighted by Gasteiger charge is 2.41. The fraction of sp³-hybridized carbons (Fsp3) is 0.765. The number of rotatable bonds is 9. The van der Waals surface area contributed by atoms with Crippen LogP contribution in [0.2, 0.25) is 0 Å². The van der Waals surface area contributed by atoms with Crippen LogP contribution < -0.4 is 0 Å². The van der Waals surface area contributed by atoms with Crippen LogP contribution in [0.15, 0.2) is 9.47 Å². The van der Waals surface area contributed by atoms with Crippen LogP contribution in [0.1, 0.15) is 34.1 Å². The summed E-state index contributed by atoms with van der Waals surface area (Å²) >= 11 is 6.67. The van der Waals surface area contributed by atoms with Crippen LogP contribution in [0, 0.1) is 17.8 Å². The molecule has 1 saturated heterocycles. The molecule has 8 heteroatoms. The molecule has 0 unspecified atom stereocenters. The largest absolute Gasteiger partial charge is 0.447 e. The molecular weight excluding hydrogens is 458 g/mol. The molecule has 1 aliphatic rings. The van der Waals surface area contributed by atoms with Gasteiger partial charge >= 0.3 is 6.09 Å². The van der Waals surface area contributed by atoms with Gasteiger partial charge in [-0.3, -0.25) is 4.79 Å². The second-order valence-electron chi connectivity index (χ2n) is 6.70. The lowest BCUT2D eigenvalue weighted by atomic mass is 9.91. The predicted molar refractivity (Wildman–Crippen MR) is 102 cm³/mol. The normalized spacial score (nSPS) is 21.0. The predicted octanol–water partition coefficient (Wildman–Crippen LogP) is 4.27. The molecule has 1 fully saturated rings. The third kappa shape index (κ3) is 6.66. The quantitative estimate of drug-likeness (QED) is 0.457. The van der Waals surface area contributed by atoms with E-state index in [1.54, 1.807) is 7.11 Å². The zero-order valence-electron chi connectivity index (χ0n) is 15.3. The van der Waals surface area contributed by atoms with Gasteiger partial charge in [-0.25, -0.2) is 9.69 Å². The van der Waals surface area contributed by atoms with Crippen LogP contribution in [0.5, 0.6) is 0 Å². The molecule has 0 saturated carbocycles. The molecular formula is C17H27Br2NO5. The van der Waals surface area contributed by atoms with Crippen LogP contribution >= 0.6 is 31.9 Å². The summed E-state index contributed by atoms with van der Waals surface area (Å²) in [6, 6.07) is -0.199. The van der Waals surface area contributed by atoms with E-state index in [1.807, 2.05) is 33.8 Å². The van der Waals surface area contributed by atoms with Crippen molar-refractivity contribution in [1.82, 2.24) is 4.90 Å².